The van der Waals surface area contributed by atoms with Crippen molar-refractivity contribution >= 4 is 65.3 Å². The molecule has 0 aliphatic rings. The maximum atomic E-state index is 7.01. The first-order chi connectivity index (χ1) is 28.7. The zero-order valence-corrected chi connectivity index (χ0v) is 31.2. The fraction of sp³-hybridized carbons (Fsp3) is 0. The Bertz CT molecular complexity index is 3530. The van der Waals surface area contributed by atoms with E-state index in [9.17, 15) is 0 Å². The van der Waals surface area contributed by atoms with E-state index in [1.165, 1.54) is 26.9 Å². The maximum Gasteiger partial charge on any atom is 0.164 e. The van der Waals surface area contributed by atoms with E-state index < -0.39 is 0 Å². The number of aromatic nitrogens is 4. The Balaban J connectivity index is 1.09. The van der Waals surface area contributed by atoms with Crippen molar-refractivity contribution in [1.29, 1.82) is 0 Å². The fourth-order valence-electron chi connectivity index (χ4n) is 8.56. The topological polar surface area (TPSA) is 56.7 Å². The van der Waals surface area contributed by atoms with Gasteiger partial charge in [0.2, 0.25) is 0 Å². The third kappa shape index (κ3) is 5.21. The second-order valence-corrected chi connectivity index (χ2v) is 14.9. The van der Waals surface area contributed by atoms with Crippen LogP contribution in [0.2, 0.25) is 0 Å². The summed E-state index contributed by atoms with van der Waals surface area (Å²) in [6.45, 7) is 0. The molecule has 0 N–H and O–H groups in total. The summed E-state index contributed by atoms with van der Waals surface area (Å²) in [6, 6.07) is 68.2. The van der Waals surface area contributed by atoms with Crippen molar-refractivity contribution in [3.05, 3.63) is 194 Å². The van der Waals surface area contributed by atoms with Crippen LogP contribution in [0, 0.1) is 0 Å². The van der Waals surface area contributed by atoms with Gasteiger partial charge in [0.1, 0.15) is 5.58 Å². The monoisotopic (exact) mass is 740 g/mol. The molecule has 5 nitrogen and oxygen atoms in total. The molecule has 0 bridgehead atoms. The van der Waals surface area contributed by atoms with Gasteiger partial charge in [-0.1, -0.05) is 146 Å². The van der Waals surface area contributed by atoms with Crippen molar-refractivity contribution in [2.75, 3.05) is 0 Å². The van der Waals surface area contributed by atoms with E-state index in [0.717, 1.165) is 71.9 Å². The molecule has 0 radical (unpaired) electrons. The lowest BCUT2D eigenvalue weighted by Crippen LogP contribution is -2.00. The van der Waals surface area contributed by atoms with E-state index in [-0.39, 0.29) is 0 Å². The lowest BCUT2D eigenvalue weighted by Gasteiger charge is -2.12. The molecule has 0 aliphatic heterocycles. The molecule has 5 heteroatoms. The van der Waals surface area contributed by atoms with Crippen molar-refractivity contribution in [2.45, 2.75) is 0 Å². The number of hydrogen-bond donors (Lipinski definition) is 0. The normalized spacial score (nSPS) is 11.8. The van der Waals surface area contributed by atoms with Crippen LogP contribution in [0.15, 0.2) is 199 Å². The highest BCUT2D eigenvalue weighted by molar-refractivity contribution is 6.14. The van der Waals surface area contributed by atoms with Gasteiger partial charge in [-0.15, -0.1) is 0 Å². The summed E-state index contributed by atoms with van der Waals surface area (Å²) in [6.07, 6.45) is 0. The lowest BCUT2D eigenvalue weighted by molar-refractivity contribution is 0.666. The highest BCUT2D eigenvalue weighted by Crippen LogP contribution is 2.42. The predicted octanol–water partition coefficient (Wildman–Crippen LogP) is 13.8. The Hall–Kier alpha value is -7.89. The van der Waals surface area contributed by atoms with Crippen molar-refractivity contribution in [3.8, 4) is 51.0 Å². The minimum absolute atomic E-state index is 0.582. The van der Waals surface area contributed by atoms with Gasteiger partial charge in [-0.2, -0.15) is 0 Å². The Morgan fingerprint density at radius 2 is 0.845 bits per heavy atom. The molecule has 0 saturated heterocycles. The van der Waals surface area contributed by atoms with Crippen molar-refractivity contribution in [2.24, 2.45) is 0 Å². The Labute approximate surface area is 333 Å². The van der Waals surface area contributed by atoms with Gasteiger partial charge >= 0.3 is 0 Å². The molecule has 3 heterocycles. The van der Waals surface area contributed by atoms with Crippen LogP contribution in [0.5, 0.6) is 0 Å². The number of fused-ring (bicyclic) bond motifs is 8. The average molecular weight is 741 g/mol. The number of furan rings is 1. The quantitative estimate of drug-likeness (QED) is 0.176. The minimum Gasteiger partial charge on any atom is -0.454 e. The van der Waals surface area contributed by atoms with E-state index in [1.807, 2.05) is 30.3 Å². The van der Waals surface area contributed by atoms with Crippen LogP contribution in [0.1, 0.15) is 0 Å². The molecular weight excluding hydrogens is 709 g/mol. The summed E-state index contributed by atoms with van der Waals surface area (Å²) >= 11 is 0. The SMILES string of the molecule is c1ccc(-c2nc(-c3ccc4ccccc4c3)nc(-c3ccc4c(c3)oc3c(-n5c6ccccc6c6ccccc65)cc(-c5ccc6ccccc6c5)cc34)n2)cc1. The lowest BCUT2D eigenvalue weighted by atomic mass is 9.98. The predicted molar refractivity (Wildman–Crippen MR) is 238 cm³/mol. The van der Waals surface area contributed by atoms with E-state index in [1.54, 1.807) is 0 Å². The summed E-state index contributed by atoms with van der Waals surface area (Å²) < 4.78 is 9.37. The van der Waals surface area contributed by atoms with Crippen LogP contribution in [-0.2, 0) is 0 Å². The number of para-hydroxylation sites is 2. The van der Waals surface area contributed by atoms with Crippen LogP contribution in [0.25, 0.3) is 116 Å². The standard InChI is InChI=1S/C53H32N4O/c1-2-14-35(15-3-1)51-54-52(39-25-23-34-13-5-7-17-37(34)29-39)56-53(55-51)40-26-27-44-45-30-41(38-24-22-33-12-4-6-16-36(33)28-38)31-48(50(45)58-49(44)32-40)57-46-20-10-8-18-42(46)43-19-9-11-21-47(43)57/h1-32H. The molecule has 0 atom stereocenters. The zero-order chi connectivity index (χ0) is 38.2. The molecular formula is C53H32N4O. The smallest absolute Gasteiger partial charge is 0.164 e. The summed E-state index contributed by atoms with van der Waals surface area (Å²) in [7, 11) is 0. The van der Waals surface area contributed by atoms with E-state index in [2.05, 4.69) is 168 Å². The van der Waals surface area contributed by atoms with Crippen molar-refractivity contribution in [3.63, 3.8) is 0 Å². The number of nitrogens with zero attached hydrogens (tertiary/aromatic N) is 4. The van der Waals surface area contributed by atoms with Gasteiger partial charge in [0.15, 0.2) is 23.1 Å². The molecule has 12 aromatic rings. The van der Waals surface area contributed by atoms with Crippen LogP contribution >= 0.6 is 0 Å². The molecule has 0 aliphatic carbocycles. The molecule has 0 unspecified atom stereocenters. The van der Waals surface area contributed by atoms with Crippen LogP contribution in [0.4, 0.5) is 0 Å². The molecule has 3 aromatic heterocycles. The molecule has 0 saturated carbocycles. The summed E-state index contributed by atoms with van der Waals surface area (Å²) in [5.74, 6) is 1.82. The number of benzene rings is 9. The zero-order valence-electron chi connectivity index (χ0n) is 31.2. The van der Waals surface area contributed by atoms with Crippen molar-refractivity contribution in [1.82, 2.24) is 19.5 Å². The minimum atomic E-state index is 0.582. The van der Waals surface area contributed by atoms with Crippen LogP contribution in [0.3, 0.4) is 0 Å². The van der Waals surface area contributed by atoms with E-state index >= 15 is 0 Å². The summed E-state index contributed by atoms with van der Waals surface area (Å²) in [5, 5.41) is 9.19. The van der Waals surface area contributed by atoms with Crippen molar-refractivity contribution < 1.29 is 4.42 Å². The second-order valence-electron chi connectivity index (χ2n) is 14.9. The van der Waals surface area contributed by atoms with Gasteiger partial charge in [-0.05, 0) is 81.2 Å². The number of hydrogen-bond acceptors (Lipinski definition) is 4. The summed E-state index contributed by atoms with van der Waals surface area (Å²) in [5.41, 5.74) is 9.79. The molecule has 0 fully saturated rings. The van der Waals surface area contributed by atoms with Gasteiger partial charge in [-0.25, -0.2) is 15.0 Å². The van der Waals surface area contributed by atoms with Gasteiger partial charge in [0, 0.05) is 38.2 Å². The van der Waals surface area contributed by atoms with E-state index in [0.29, 0.717) is 17.5 Å². The molecule has 9 aromatic carbocycles. The third-order valence-corrected chi connectivity index (χ3v) is 11.4. The highest BCUT2D eigenvalue weighted by Gasteiger charge is 2.21. The van der Waals surface area contributed by atoms with E-state index in [4.69, 9.17) is 19.4 Å². The Kier molecular flexibility index (Phi) is 7.16. The first-order valence-electron chi connectivity index (χ1n) is 19.5. The highest BCUT2D eigenvalue weighted by atomic mass is 16.3. The molecule has 270 valence electrons. The first-order valence-corrected chi connectivity index (χ1v) is 19.5. The van der Waals surface area contributed by atoms with Gasteiger partial charge in [0.25, 0.3) is 0 Å². The summed E-state index contributed by atoms with van der Waals surface area (Å²) in [4.78, 5) is 15.2. The second kappa shape index (κ2) is 12.8. The third-order valence-electron chi connectivity index (χ3n) is 11.4. The maximum absolute atomic E-state index is 7.01. The molecule has 12 rings (SSSR count). The molecule has 0 spiro atoms. The molecule has 0 amide bonds. The Morgan fingerprint density at radius 3 is 1.52 bits per heavy atom. The Morgan fingerprint density at radius 1 is 0.328 bits per heavy atom. The van der Waals surface area contributed by atoms with Gasteiger partial charge in [-0.3, -0.25) is 0 Å². The van der Waals surface area contributed by atoms with Crippen LogP contribution < -0.4 is 0 Å². The average Bonchev–Trinajstić information content (AvgIpc) is 3.84. The largest absolute Gasteiger partial charge is 0.454 e. The van der Waals surface area contributed by atoms with Gasteiger partial charge < -0.3 is 8.98 Å². The fourth-order valence-corrected chi connectivity index (χ4v) is 8.56. The van der Waals surface area contributed by atoms with Crippen LogP contribution in [-0.4, -0.2) is 19.5 Å². The first kappa shape index (κ1) is 32.4. The number of rotatable bonds is 5. The molecule has 58 heavy (non-hydrogen) atoms. The van der Waals surface area contributed by atoms with Gasteiger partial charge in [0.05, 0.1) is 16.7 Å².